The van der Waals surface area contributed by atoms with E-state index < -0.39 is 0 Å². The van der Waals surface area contributed by atoms with Crippen LogP contribution in [0.3, 0.4) is 0 Å². The third-order valence-electron chi connectivity index (χ3n) is 4.43. The fourth-order valence-corrected chi connectivity index (χ4v) is 3.12. The van der Waals surface area contributed by atoms with E-state index in [0.717, 1.165) is 16.7 Å². The van der Waals surface area contributed by atoms with Crippen LogP contribution >= 0.6 is 0 Å². The summed E-state index contributed by atoms with van der Waals surface area (Å²) >= 11 is 0. The van der Waals surface area contributed by atoms with Crippen LogP contribution in [-0.4, -0.2) is 18.1 Å². The summed E-state index contributed by atoms with van der Waals surface area (Å²) in [6.07, 6.45) is 6.32. The second-order valence-corrected chi connectivity index (χ2v) is 5.51. The maximum absolute atomic E-state index is 6.43. The van der Waals surface area contributed by atoms with E-state index in [-0.39, 0.29) is 6.04 Å². The molecule has 3 rings (SSSR count). The SMILES string of the molecule is CNC1CCC(C(N)c2ccc3ncoc3c2)CC1. The number of aromatic nitrogens is 1. The molecule has 2 aromatic rings. The zero-order chi connectivity index (χ0) is 13.2. The third-order valence-corrected chi connectivity index (χ3v) is 4.43. The molecule has 1 aliphatic rings. The first-order valence-electron chi connectivity index (χ1n) is 7.04. The highest BCUT2D eigenvalue weighted by Crippen LogP contribution is 2.33. The van der Waals surface area contributed by atoms with Gasteiger partial charge < -0.3 is 15.5 Å². The van der Waals surface area contributed by atoms with Gasteiger partial charge in [0.05, 0.1) is 0 Å². The third kappa shape index (κ3) is 2.51. The van der Waals surface area contributed by atoms with Gasteiger partial charge in [-0.2, -0.15) is 0 Å². The number of rotatable bonds is 3. The van der Waals surface area contributed by atoms with Crippen molar-refractivity contribution in [3.63, 3.8) is 0 Å². The van der Waals surface area contributed by atoms with Gasteiger partial charge in [0, 0.05) is 12.1 Å². The average Bonchev–Trinajstić information content (AvgIpc) is 2.94. The number of nitrogens with zero attached hydrogens (tertiary/aromatic N) is 1. The van der Waals surface area contributed by atoms with Crippen molar-refractivity contribution < 1.29 is 4.42 Å². The van der Waals surface area contributed by atoms with E-state index in [9.17, 15) is 0 Å². The Bertz CT molecular complexity index is 543. The second kappa shape index (κ2) is 5.31. The van der Waals surface area contributed by atoms with Crippen molar-refractivity contribution in [2.45, 2.75) is 37.8 Å². The molecule has 0 aliphatic heterocycles. The molecule has 4 heteroatoms. The van der Waals surface area contributed by atoms with Gasteiger partial charge in [-0.1, -0.05) is 6.07 Å². The van der Waals surface area contributed by atoms with Gasteiger partial charge >= 0.3 is 0 Å². The maximum atomic E-state index is 6.43. The van der Waals surface area contributed by atoms with Crippen molar-refractivity contribution >= 4 is 11.1 Å². The zero-order valence-corrected chi connectivity index (χ0v) is 11.3. The molecule has 1 aromatic carbocycles. The Morgan fingerprint density at radius 1 is 1.32 bits per heavy atom. The minimum absolute atomic E-state index is 0.104. The van der Waals surface area contributed by atoms with Crippen LogP contribution in [0.15, 0.2) is 29.0 Å². The topological polar surface area (TPSA) is 64.1 Å². The molecule has 1 aromatic heterocycles. The van der Waals surface area contributed by atoms with Gasteiger partial charge in [-0.05, 0) is 56.3 Å². The molecule has 1 saturated carbocycles. The summed E-state index contributed by atoms with van der Waals surface area (Å²) in [6.45, 7) is 0. The van der Waals surface area contributed by atoms with Crippen LogP contribution in [0.5, 0.6) is 0 Å². The quantitative estimate of drug-likeness (QED) is 0.889. The van der Waals surface area contributed by atoms with Crippen LogP contribution in [0.2, 0.25) is 0 Å². The summed E-state index contributed by atoms with van der Waals surface area (Å²) in [4.78, 5) is 4.14. The Balaban J connectivity index is 1.74. The van der Waals surface area contributed by atoms with Crippen LogP contribution in [0, 0.1) is 5.92 Å². The summed E-state index contributed by atoms with van der Waals surface area (Å²) in [5, 5.41) is 3.36. The van der Waals surface area contributed by atoms with Crippen molar-refractivity contribution in [2.24, 2.45) is 11.7 Å². The Kier molecular flexibility index (Phi) is 3.53. The van der Waals surface area contributed by atoms with Crippen molar-refractivity contribution in [3.05, 3.63) is 30.2 Å². The van der Waals surface area contributed by atoms with Gasteiger partial charge in [0.2, 0.25) is 0 Å². The molecule has 1 heterocycles. The van der Waals surface area contributed by atoms with E-state index in [1.54, 1.807) is 0 Å². The van der Waals surface area contributed by atoms with Crippen molar-refractivity contribution in [2.75, 3.05) is 7.05 Å². The largest absolute Gasteiger partial charge is 0.443 e. The van der Waals surface area contributed by atoms with Crippen LogP contribution in [-0.2, 0) is 0 Å². The van der Waals surface area contributed by atoms with Crippen molar-refractivity contribution in [1.82, 2.24) is 10.3 Å². The average molecular weight is 259 g/mol. The highest BCUT2D eigenvalue weighted by Gasteiger charge is 2.26. The molecule has 1 unspecified atom stereocenters. The van der Waals surface area contributed by atoms with Crippen LogP contribution in [0.1, 0.15) is 37.3 Å². The molecule has 0 saturated heterocycles. The van der Waals surface area contributed by atoms with Crippen molar-refractivity contribution in [1.29, 1.82) is 0 Å². The summed E-state index contributed by atoms with van der Waals surface area (Å²) in [5.41, 5.74) is 9.33. The Hall–Kier alpha value is -1.39. The highest BCUT2D eigenvalue weighted by atomic mass is 16.3. The van der Waals surface area contributed by atoms with E-state index in [4.69, 9.17) is 10.2 Å². The molecule has 3 N–H and O–H groups in total. The molecular formula is C15H21N3O. The highest BCUT2D eigenvalue weighted by molar-refractivity contribution is 5.72. The molecule has 19 heavy (non-hydrogen) atoms. The standard InChI is InChI=1S/C15H21N3O/c1-17-12-5-2-10(3-6-12)15(16)11-4-7-13-14(8-11)19-9-18-13/h4,7-10,12,15,17H,2-3,5-6,16H2,1H3. The summed E-state index contributed by atoms with van der Waals surface area (Å²) in [5.74, 6) is 0.574. The number of hydrogen-bond donors (Lipinski definition) is 2. The first-order chi connectivity index (χ1) is 9.28. The van der Waals surface area contributed by atoms with E-state index in [0.29, 0.717) is 12.0 Å². The summed E-state index contributed by atoms with van der Waals surface area (Å²) in [7, 11) is 2.04. The summed E-state index contributed by atoms with van der Waals surface area (Å²) in [6, 6.07) is 6.89. The van der Waals surface area contributed by atoms with E-state index in [2.05, 4.69) is 16.4 Å². The van der Waals surface area contributed by atoms with Crippen molar-refractivity contribution in [3.8, 4) is 0 Å². The maximum Gasteiger partial charge on any atom is 0.181 e. The summed E-state index contributed by atoms with van der Waals surface area (Å²) < 4.78 is 5.35. The molecule has 4 nitrogen and oxygen atoms in total. The fraction of sp³-hybridized carbons (Fsp3) is 0.533. The predicted octanol–water partition coefficient (Wildman–Crippen LogP) is 2.61. The molecule has 0 spiro atoms. The normalized spacial score (nSPS) is 25.6. The Morgan fingerprint density at radius 3 is 2.84 bits per heavy atom. The second-order valence-electron chi connectivity index (χ2n) is 5.51. The lowest BCUT2D eigenvalue weighted by atomic mass is 9.79. The minimum Gasteiger partial charge on any atom is -0.443 e. The van der Waals surface area contributed by atoms with Crippen LogP contribution in [0.25, 0.3) is 11.1 Å². The number of nitrogens with two attached hydrogens (primary N) is 1. The fourth-order valence-electron chi connectivity index (χ4n) is 3.12. The lowest BCUT2D eigenvalue weighted by Crippen LogP contribution is -2.33. The Morgan fingerprint density at radius 2 is 2.11 bits per heavy atom. The van der Waals surface area contributed by atoms with Gasteiger partial charge in [0.25, 0.3) is 0 Å². The van der Waals surface area contributed by atoms with E-state index in [1.807, 2.05) is 19.2 Å². The minimum atomic E-state index is 0.104. The number of fused-ring (bicyclic) bond motifs is 1. The number of nitrogens with one attached hydrogen (secondary N) is 1. The lowest BCUT2D eigenvalue weighted by Gasteiger charge is -2.32. The van der Waals surface area contributed by atoms with Crippen LogP contribution < -0.4 is 11.1 Å². The molecule has 0 radical (unpaired) electrons. The molecular weight excluding hydrogens is 238 g/mol. The van der Waals surface area contributed by atoms with Crippen LogP contribution in [0.4, 0.5) is 0 Å². The smallest absolute Gasteiger partial charge is 0.181 e. The molecule has 1 fully saturated rings. The molecule has 1 aliphatic carbocycles. The van der Waals surface area contributed by atoms with Gasteiger partial charge in [-0.25, -0.2) is 4.98 Å². The molecule has 0 amide bonds. The molecule has 1 atom stereocenters. The molecule has 102 valence electrons. The monoisotopic (exact) mass is 259 g/mol. The zero-order valence-electron chi connectivity index (χ0n) is 11.3. The number of hydrogen-bond acceptors (Lipinski definition) is 4. The van der Waals surface area contributed by atoms with Gasteiger partial charge in [0.15, 0.2) is 12.0 Å². The van der Waals surface area contributed by atoms with Gasteiger partial charge in [-0.3, -0.25) is 0 Å². The van der Waals surface area contributed by atoms with Gasteiger partial charge in [0.1, 0.15) is 5.52 Å². The number of benzene rings is 1. The predicted molar refractivity (Wildman–Crippen MR) is 75.7 cm³/mol. The lowest BCUT2D eigenvalue weighted by molar-refractivity contribution is 0.267. The first kappa shape index (κ1) is 12.6. The van der Waals surface area contributed by atoms with Gasteiger partial charge in [-0.15, -0.1) is 0 Å². The first-order valence-corrected chi connectivity index (χ1v) is 7.04. The van der Waals surface area contributed by atoms with E-state index >= 15 is 0 Å². The molecule has 0 bridgehead atoms. The van der Waals surface area contributed by atoms with E-state index in [1.165, 1.54) is 32.1 Å². The Labute approximate surface area is 113 Å². The number of oxazole rings is 1.